The summed E-state index contributed by atoms with van der Waals surface area (Å²) in [5, 5.41) is 0.612. The predicted molar refractivity (Wildman–Crippen MR) is 86.9 cm³/mol. The zero-order valence-corrected chi connectivity index (χ0v) is 14.0. The summed E-state index contributed by atoms with van der Waals surface area (Å²) in [5.74, 6) is -0.363. The van der Waals surface area contributed by atoms with Gasteiger partial charge in [0.25, 0.3) is 15.9 Å². The molecular formula is C14H12Cl2N2O4S. The first-order chi connectivity index (χ1) is 10.9. The van der Waals surface area contributed by atoms with E-state index in [1.807, 2.05) is 10.3 Å². The van der Waals surface area contributed by atoms with Gasteiger partial charge in [-0.25, -0.2) is 8.42 Å². The summed E-state index contributed by atoms with van der Waals surface area (Å²) < 4.78 is 29.1. The van der Waals surface area contributed by atoms with Crippen LogP contribution in [0.4, 0.5) is 0 Å². The number of carbonyl (C=O) groups is 1. The van der Waals surface area contributed by atoms with Crippen LogP contribution in [-0.4, -0.2) is 20.9 Å². The number of sulfonamides is 1. The van der Waals surface area contributed by atoms with Crippen LogP contribution >= 0.6 is 23.2 Å². The maximum atomic E-state index is 12.0. The van der Waals surface area contributed by atoms with Crippen molar-refractivity contribution < 1.29 is 17.9 Å². The van der Waals surface area contributed by atoms with Crippen molar-refractivity contribution in [1.29, 1.82) is 0 Å². The molecule has 0 radical (unpaired) electrons. The summed E-state index contributed by atoms with van der Waals surface area (Å²) in [6, 6.07) is 12.2. The molecule has 2 rings (SSSR count). The highest BCUT2D eigenvalue weighted by molar-refractivity contribution is 7.89. The lowest BCUT2D eigenvalue weighted by atomic mass is 10.3. The van der Waals surface area contributed by atoms with Crippen molar-refractivity contribution in [3.8, 4) is 5.75 Å². The molecule has 23 heavy (non-hydrogen) atoms. The molecular weight excluding hydrogens is 363 g/mol. The molecule has 0 fully saturated rings. The van der Waals surface area contributed by atoms with Gasteiger partial charge in [-0.2, -0.15) is 0 Å². The number of hydrogen-bond donors (Lipinski definition) is 2. The molecule has 9 heteroatoms. The molecule has 2 aromatic carbocycles. The van der Waals surface area contributed by atoms with Gasteiger partial charge < -0.3 is 4.74 Å². The van der Waals surface area contributed by atoms with Gasteiger partial charge in [-0.1, -0.05) is 41.4 Å². The lowest BCUT2D eigenvalue weighted by Gasteiger charge is -2.10. The summed E-state index contributed by atoms with van der Waals surface area (Å²) in [7, 11) is -3.92. The van der Waals surface area contributed by atoms with Crippen LogP contribution in [0.25, 0.3) is 0 Å². The average molecular weight is 375 g/mol. The highest BCUT2D eigenvalue weighted by Gasteiger charge is 2.15. The van der Waals surface area contributed by atoms with E-state index in [9.17, 15) is 13.2 Å². The lowest BCUT2D eigenvalue weighted by Crippen LogP contribution is -2.43. The SMILES string of the molecule is O=C(COc1ccccc1Cl)NNS(=O)(=O)c1cccc(Cl)c1. The number of ether oxygens (including phenoxy) is 1. The Balaban J connectivity index is 1.90. The quantitative estimate of drug-likeness (QED) is 0.760. The molecule has 2 N–H and O–H groups in total. The van der Waals surface area contributed by atoms with Crippen molar-refractivity contribution >= 4 is 39.1 Å². The zero-order chi connectivity index (χ0) is 16.9. The third kappa shape index (κ3) is 5.11. The van der Waals surface area contributed by atoms with Crippen LogP contribution in [0, 0.1) is 0 Å². The predicted octanol–water partition coefficient (Wildman–Crippen LogP) is 2.38. The number of amides is 1. The first-order valence-corrected chi connectivity index (χ1v) is 8.56. The van der Waals surface area contributed by atoms with Crippen LogP contribution in [0.5, 0.6) is 5.75 Å². The van der Waals surface area contributed by atoms with E-state index in [-0.39, 0.29) is 9.92 Å². The van der Waals surface area contributed by atoms with Gasteiger partial charge in [0.15, 0.2) is 6.61 Å². The molecule has 0 aliphatic carbocycles. The van der Waals surface area contributed by atoms with Crippen molar-refractivity contribution in [3.63, 3.8) is 0 Å². The number of hydrogen-bond acceptors (Lipinski definition) is 4. The average Bonchev–Trinajstić information content (AvgIpc) is 2.52. The number of halogens is 2. The molecule has 0 saturated carbocycles. The summed E-state index contributed by atoms with van der Waals surface area (Å²) in [5.41, 5.74) is 2.04. The van der Waals surface area contributed by atoms with E-state index in [2.05, 4.69) is 0 Å². The molecule has 0 bridgehead atoms. The Bertz CT molecular complexity index is 812. The first-order valence-electron chi connectivity index (χ1n) is 6.32. The van der Waals surface area contributed by atoms with E-state index >= 15 is 0 Å². The fourth-order valence-electron chi connectivity index (χ4n) is 1.56. The maximum Gasteiger partial charge on any atom is 0.272 e. The van der Waals surface area contributed by atoms with Crippen molar-refractivity contribution in [2.45, 2.75) is 4.90 Å². The fourth-order valence-corrected chi connectivity index (χ4v) is 2.91. The van der Waals surface area contributed by atoms with Gasteiger partial charge in [0.05, 0.1) is 9.92 Å². The summed E-state index contributed by atoms with van der Waals surface area (Å²) in [6.07, 6.45) is 0. The minimum absolute atomic E-state index is 0.0719. The van der Waals surface area contributed by atoms with E-state index in [0.29, 0.717) is 10.8 Å². The van der Waals surface area contributed by atoms with E-state index in [1.54, 1.807) is 24.3 Å². The molecule has 2 aromatic rings. The molecule has 0 aliphatic rings. The summed E-state index contributed by atoms with van der Waals surface area (Å²) in [6.45, 7) is -0.401. The number of para-hydroxylation sites is 1. The molecule has 1 amide bonds. The molecule has 0 unspecified atom stereocenters. The van der Waals surface area contributed by atoms with Gasteiger partial charge in [-0.3, -0.25) is 10.2 Å². The maximum absolute atomic E-state index is 12.0. The van der Waals surface area contributed by atoms with E-state index in [1.165, 1.54) is 24.3 Å². The smallest absolute Gasteiger partial charge is 0.272 e. The molecule has 122 valence electrons. The van der Waals surface area contributed by atoms with Gasteiger partial charge >= 0.3 is 0 Å². The van der Waals surface area contributed by atoms with Gasteiger partial charge in [-0.15, -0.1) is 4.83 Å². The topological polar surface area (TPSA) is 84.5 Å². The minimum Gasteiger partial charge on any atom is -0.482 e. The number of hydrazine groups is 1. The third-order valence-electron chi connectivity index (χ3n) is 2.63. The fraction of sp³-hybridized carbons (Fsp3) is 0.0714. The molecule has 0 spiro atoms. The van der Waals surface area contributed by atoms with E-state index < -0.39 is 22.5 Å². The molecule has 6 nitrogen and oxygen atoms in total. The minimum atomic E-state index is -3.92. The Morgan fingerprint density at radius 3 is 2.52 bits per heavy atom. The molecule has 0 aliphatic heterocycles. The van der Waals surface area contributed by atoms with Gasteiger partial charge in [-0.05, 0) is 30.3 Å². The second-order valence-corrected chi connectivity index (χ2v) is 6.86. The highest BCUT2D eigenvalue weighted by Crippen LogP contribution is 2.22. The second kappa shape index (κ2) is 7.65. The monoisotopic (exact) mass is 374 g/mol. The Labute approximate surface area is 143 Å². The van der Waals surface area contributed by atoms with Crippen LogP contribution in [0.3, 0.4) is 0 Å². The molecule has 0 saturated heterocycles. The Morgan fingerprint density at radius 2 is 1.83 bits per heavy atom. The Hall–Kier alpha value is -1.80. The van der Waals surface area contributed by atoms with Crippen molar-refractivity contribution in [3.05, 3.63) is 58.6 Å². The summed E-state index contributed by atoms with van der Waals surface area (Å²) in [4.78, 5) is 13.5. The number of benzene rings is 2. The van der Waals surface area contributed by atoms with Gasteiger partial charge in [0.1, 0.15) is 5.75 Å². The number of carbonyl (C=O) groups excluding carboxylic acids is 1. The number of nitrogens with one attached hydrogen (secondary N) is 2. The number of rotatable bonds is 6. The normalized spacial score (nSPS) is 11.0. The second-order valence-electron chi connectivity index (χ2n) is 4.33. The van der Waals surface area contributed by atoms with E-state index in [4.69, 9.17) is 27.9 Å². The highest BCUT2D eigenvalue weighted by atomic mass is 35.5. The Kier molecular flexibility index (Phi) is 5.84. The van der Waals surface area contributed by atoms with Crippen LogP contribution in [0.1, 0.15) is 0 Å². The van der Waals surface area contributed by atoms with Crippen molar-refractivity contribution in [1.82, 2.24) is 10.3 Å². The standard InChI is InChI=1S/C14H12Cl2N2O4S/c15-10-4-3-5-11(8-10)23(20,21)18-17-14(19)9-22-13-7-2-1-6-12(13)16/h1-8,18H,9H2,(H,17,19). The molecule has 0 atom stereocenters. The van der Waals surface area contributed by atoms with E-state index in [0.717, 1.165) is 0 Å². The zero-order valence-electron chi connectivity index (χ0n) is 11.6. The van der Waals surface area contributed by atoms with Crippen LogP contribution in [0.2, 0.25) is 10.0 Å². The third-order valence-corrected chi connectivity index (χ3v) is 4.42. The first kappa shape index (κ1) is 17.6. The van der Waals surface area contributed by atoms with Crippen LogP contribution in [-0.2, 0) is 14.8 Å². The Morgan fingerprint density at radius 1 is 1.09 bits per heavy atom. The lowest BCUT2D eigenvalue weighted by molar-refractivity contribution is -0.123. The van der Waals surface area contributed by atoms with Gasteiger partial charge in [0, 0.05) is 5.02 Å². The largest absolute Gasteiger partial charge is 0.482 e. The van der Waals surface area contributed by atoms with Gasteiger partial charge in [0.2, 0.25) is 0 Å². The summed E-state index contributed by atoms with van der Waals surface area (Å²) >= 11 is 11.6. The van der Waals surface area contributed by atoms with Crippen LogP contribution in [0.15, 0.2) is 53.4 Å². The van der Waals surface area contributed by atoms with Crippen LogP contribution < -0.4 is 15.0 Å². The van der Waals surface area contributed by atoms with Crippen molar-refractivity contribution in [2.75, 3.05) is 6.61 Å². The molecule has 0 aromatic heterocycles. The molecule has 0 heterocycles. The van der Waals surface area contributed by atoms with Crippen molar-refractivity contribution in [2.24, 2.45) is 0 Å².